The maximum Gasteiger partial charge on any atom is 0.285 e. The maximum atomic E-state index is 12.0. The van der Waals surface area contributed by atoms with Crippen LogP contribution in [0, 0.1) is 5.92 Å². The van der Waals surface area contributed by atoms with Crippen LogP contribution in [0.1, 0.15) is 50.0 Å². The van der Waals surface area contributed by atoms with E-state index in [1.807, 2.05) is 13.8 Å². The molecular weight excluding hydrogens is 278 g/mol. The van der Waals surface area contributed by atoms with E-state index in [0.717, 1.165) is 12.8 Å². The van der Waals surface area contributed by atoms with Crippen molar-refractivity contribution in [1.82, 2.24) is 14.5 Å². The summed E-state index contributed by atoms with van der Waals surface area (Å²) in [6.45, 7) is 4.79. The Labute approximate surface area is 119 Å². The zero-order chi connectivity index (χ0) is 14.8. The molecule has 112 valence electrons. The average molecular weight is 299 g/mol. The Morgan fingerprint density at radius 2 is 2.10 bits per heavy atom. The minimum atomic E-state index is -3.57. The van der Waals surface area contributed by atoms with Crippen molar-refractivity contribution in [2.24, 2.45) is 5.92 Å². The number of sulfonamides is 1. The molecule has 7 heteroatoms. The summed E-state index contributed by atoms with van der Waals surface area (Å²) in [6, 6.07) is 1.54. The average Bonchev–Trinajstić information content (AvgIpc) is 2.97. The van der Waals surface area contributed by atoms with Gasteiger partial charge >= 0.3 is 0 Å². The highest BCUT2D eigenvalue weighted by atomic mass is 32.2. The van der Waals surface area contributed by atoms with Gasteiger partial charge in [0.1, 0.15) is 0 Å². The minimum absolute atomic E-state index is 0.146. The van der Waals surface area contributed by atoms with Crippen LogP contribution in [0.3, 0.4) is 0 Å². The second-order valence-electron chi connectivity index (χ2n) is 5.70. The predicted molar refractivity (Wildman–Crippen MR) is 75.7 cm³/mol. The summed E-state index contributed by atoms with van der Waals surface area (Å²) < 4.78 is 27.9. The molecule has 1 aromatic rings. The van der Waals surface area contributed by atoms with E-state index in [1.165, 1.54) is 0 Å². The first-order valence-electron chi connectivity index (χ1n) is 6.98. The number of hydrogen-bond donors (Lipinski definition) is 1. The molecule has 20 heavy (non-hydrogen) atoms. The molecule has 0 aliphatic heterocycles. The van der Waals surface area contributed by atoms with Crippen LogP contribution in [0.2, 0.25) is 0 Å². The van der Waals surface area contributed by atoms with E-state index in [4.69, 9.17) is 0 Å². The van der Waals surface area contributed by atoms with Gasteiger partial charge in [-0.2, -0.15) is 5.10 Å². The van der Waals surface area contributed by atoms with Crippen LogP contribution in [0.15, 0.2) is 12.3 Å². The summed E-state index contributed by atoms with van der Waals surface area (Å²) in [5, 5.41) is 3.66. The summed E-state index contributed by atoms with van der Waals surface area (Å²) in [6.07, 6.45) is 4.76. The lowest BCUT2D eigenvalue weighted by Crippen LogP contribution is -2.37. The molecular formula is C13H21N3O3S. The summed E-state index contributed by atoms with van der Waals surface area (Å²) >= 11 is 0. The Bertz CT molecular complexity index is 571. The second-order valence-corrected chi connectivity index (χ2v) is 7.66. The molecule has 1 saturated carbocycles. The molecule has 0 unspecified atom stereocenters. The number of nitrogens with zero attached hydrogens (tertiary/aromatic N) is 2. The Balaban J connectivity index is 2.02. The standard InChI is InChI=1S/C13H21N3O3S/c1-10(2)9-16-8-7-12(14-16)13(17)15-20(18,19)11-5-3-4-6-11/h7-8,10-11H,3-6,9H2,1-2H3,(H,15,17). The third-order valence-corrected chi connectivity index (χ3v) is 5.22. The predicted octanol–water partition coefficient (Wildman–Crippen LogP) is 1.54. The van der Waals surface area contributed by atoms with Gasteiger partial charge in [0.2, 0.25) is 10.0 Å². The lowest BCUT2D eigenvalue weighted by Gasteiger charge is -2.11. The van der Waals surface area contributed by atoms with Gasteiger partial charge in [0.15, 0.2) is 5.69 Å². The van der Waals surface area contributed by atoms with E-state index in [0.29, 0.717) is 25.3 Å². The topological polar surface area (TPSA) is 81.1 Å². The number of rotatable bonds is 5. The second kappa shape index (κ2) is 5.95. The third-order valence-electron chi connectivity index (χ3n) is 3.40. The summed E-state index contributed by atoms with van der Waals surface area (Å²) in [4.78, 5) is 12.0. The molecule has 0 spiro atoms. The summed E-state index contributed by atoms with van der Waals surface area (Å²) in [7, 11) is -3.57. The van der Waals surface area contributed by atoms with Gasteiger partial charge in [-0.25, -0.2) is 13.1 Å². The Morgan fingerprint density at radius 3 is 2.70 bits per heavy atom. The Kier molecular flexibility index (Phi) is 4.47. The lowest BCUT2D eigenvalue weighted by atomic mass is 10.2. The molecule has 1 aliphatic rings. The molecule has 6 nitrogen and oxygen atoms in total. The molecule has 0 aromatic carbocycles. The van der Waals surface area contributed by atoms with E-state index in [1.54, 1.807) is 16.9 Å². The van der Waals surface area contributed by atoms with Crippen LogP contribution < -0.4 is 4.72 Å². The highest BCUT2D eigenvalue weighted by Crippen LogP contribution is 2.24. The van der Waals surface area contributed by atoms with E-state index in [2.05, 4.69) is 9.82 Å². The highest BCUT2D eigenvalue weighted by Gasteiger charge is 2.30. The van der Waals surface area contributed by atoms with Crippen LogP contribution in [-0.4, -0.2) is 29.4 Å². The van der Waals surface area contributed by atoms with Gasteiger partial charge in [-0.1, -0.05) is 26.7 Å². The first-order chi connectivity index (χ1) is 9.38. The number of nitrogens with one attached hydrogen (secondary N) is 1. The lowest BCUT2D eigenvalue weighted by molar-refractivity contribution is 0.0975. The van der Waals surface area contributed by atoms with Crippen molar-refractivity contribution in [3.8, 4) is 0 Å². The van der Waals surface area contributed by atoms with Crippen molar-refractivity contribution in [3.05, 3.63) is 18.0 Å². The van der Waals surface area contributed by atoms with Crippen LogP contribution in [0.5, 0.6) is 0 Å². The van der Waals surface area contributed by atoms with Crippen molar-refractivity contribution >= 4 is 15.9 Å². The molecule has 0 atom stereocenters. The molecule has 1 aromatic heterocycles. The fraction of sp³-hybridized carbons (Fsp3) is 0.692. The number of aromatic nitrogens is 2. The fourth-order valence-corrected chi connectivity index (χ4v) is 3.91. The van der Waals surface area contributed by atoms with Crippen molar-refractivity contribution in [2.45, 2.75) is 51.3 Å². The SMILES string of the molecule is CC(C)Cn1ccc(C(=O)NS(=O)(=O)C2CCCC2)n1. The maximum absolute atomic E-state index is 12.0. The number of carbonyl (C=O) groups is 1. The van der Waals surface area contributed by atoms with E-state index in [9.17, 15) is 13.2 Å². The Hall–Kier alpha value is -1.37. The molecule has 1 N–H and O–H groups in total. The fourth-order valence-electron chi connectivity index (χ4n) is 2.42. The van der Waals surface area contributed by atoms with E-state index in [-0.39, 0.29) is 5.69 Å². The van der Waals surface area contributed by atoms with Crippen LogP contribution in [-0.2, 0) is 16.6 Å². The molecule has 1 amide bonds. The number of amides is 1. The van der Waals surface area contributed by atoms with Gasteiger partial charge in [0.05, 0.1) is 5.25 Å². The van der Waals surface area contributed by atoms with E-state index < -0.39 is 21.2 Å². The summed E-state index contributed by atoms with van der Waals surface area (Å²) in [5.41, 5.74) is 0.146. The van der Waals surface area contributed by atoms with Gasteiger partial charge in [-0.3, -0.25) is 9.48 Å². The smallest absolute Gasteiger partial charge is 0.272 e. The first-order valence-corrected chi connectivity index (χ1v) is 8.52. The monoisotopic (exact) mass is 299 g/mol. The molecule has 2 rings (SSSR count). The molecule has 1 heterocycles. The summed E-state index contributed by atoms with van der Waals surface area (Å²) in [5.74, 6) is -0.229. The van der Waals surface area contributed by atoms with Crippen LogP contribution >= 0.6 is 0 Å². The van der Waals surface area contributed by atoms with Crippen molar-refractivity contribution < 1.29 is 13.2 Å². The zero-order valence-electron chi connectivity index (χ0n) is 11.9. The number of carbonyl (C=O) groups excluding carboxylic acids is 1. The van der Waals surface area contributed by atoms with Gasteiger partial charge in [-0.15, -0.1) is 0 Å². The molecule has 0 bridgehead atoms. The molecule has 1 fully saturated rings. The third kappa shape index (κ3) is 3.59. The van der Waals surface area contributed by atoms with Crippen molar-refractivity contribution in [3.63, 3.8) is 0 Å². The molecule has 0 saturated heterocycles. The zero-order valence-corrected chi connectivity index (χ0v) is 12.7. The van der Waals surface area contributed by atoms with E-state index >= 15 is 0 Å². The quantitative estimate of drug-likeness (QED) is 0.894. The minimum Gasteiger partial charge on any atom is -0.272 e. The van der Waals surface area contributed by atoms with Gasteiger partial charge in [0.25, 0.3) is 5.91 Å². The van der Waals surface area contributed by atoms with Crippen molar-refractivity contribution in [2.75, 3.05) is 0 Å². The van der Waals surface area contributed by atoms with Gasteiger partial charge in [-0.05, 0) is 24.8 Å². The Morgan fingerprint density at radius 1 is 1.45 bits per heavy atom. The molecule has 0 radical (unpaired) electrons. The largest absolute Gasteiger partial charge is 0.285 e. The highest BCUT2D eigenvalue weighted by molar-refractivity contribution is 7.90. The normalized spacial score (nSPS) is 16.8. The first kappa shape index (κ1) is 15.0. The van der Waals surface area contributed by atoms with Gasteiger partial charge < -0.3 is 0 Å². The van der Waals surface area contributed by atoms with Crippen LogP contribution in [0.25, 0.3) is 0 Å². The molecule has 1 aliphatic carbocycles. The van der Waals surface area contributed by atoms with Gasteiger partial charge in [0, 0.05) is 12.7 Å². The number of hydrogen-bond acceptors (Lipinski definition) is 4. The van der Waals surface area contributed by atoms with Crippen LogP contribution in [0.4, 0.5) is 0 Å². The van der Waals surface area contributed by atoms with Crippen molar-refractivity contribution in [1.29, 1.82) is 0 Å².